The van der Waals surface area contributed by atoms with Gasteiger partial charge in [0, 0.05) is 6.04 Å². The third kappa shape index (κ3) is 4.96. The average Bonchev–Trinajstić information content (AvgIpc) is 2.24. The molecule has 104 valence electrons. The summed E-state index contributed by atoms with van der Waals surface area (Å²) in [6.45, 7) is 11.1. The summed E-state index contributed by atoms with van der Waals surface area (Å²) in [5.41, 5.74) is -0.571. The van der Waals surface area contributed by atoms with Gasteiger partial charge < -0.3 is 4.74 Å². The number of nitriles is 1. The quantitative estimate of drug-likeness (QED) is 0.817. The molecular weight excluding hydrogens is 224 g/mol. The van der Waals surface area contributed by atoms with Gasteiger partial charge in [-0.2, -0.15) is 5.26 Å². The Morgan fingerprint density at radius 1 is 1.28 bits per heavy atom. The van der Waals surface area contributed by atoms with Crippen LogP contribution >= 0.6 is 0 Å². The predicted octanol–water partition coefficient (Wildman–Crippen LogP) is 3.11. The monoisotopic (exact) mass is 252 g/mol. The third-order valence-corrected chi connectivity index (χ3v) is 3.60. The first-order chi connectivity index (χ1) is 8.34. The third-order valence-electron chi connectivity index (χ3n) is 3.60. The summed E-state index contributed by atoms with van der Waals surface area (Å²) >= 11 is 0. The summed E-state index contributed by atoms with van der Waals surface area (Å²) in [6.07, 6.45) is 3.89. The molecule has 3 atom stereocenters. The summed E-state index contributed by atoms with van der Waals surface area (Å²) in [4.78, 5) is 0. The van der Waals surface area contributed by atoms with Crippen LogP contribution in [0.1, 0.15) is 53.9 Å². The predicted molar refractivity (Wildman–Crippen MR) is 74.2 cm³/mol. The summed E-state index contributed by atoms with van der Waals surface area (Å²) < 4.78 is 6.00. The minimum Gasteiger partial charge on any atom is -0.375 e. The zero-order chi connectivity index (χ0) is 13.8. The van der Waals surface area contributed by atoms with Gasteiger partial charge in [0.2, 0.25) is 0 Å². The Labute approximate surface area is 112 Å². The Morgan fingerprint density at radius 2 is 1.83 bits per heavy atom. The highest BCUT2D eigenvalue weighted by atomic mass is 16.5. The minimum atomic E-state index is -0.571. The molecule has 3 unspecified atom stereocenters. The van der Waals surface area contributed by atoms with Gasteiger partial charge in [-0.05, 0) is 51.9 Å². The van der Waals surface area contributed by atoms with E-state index >= 15 is 0 Å². The first kappa shape index (κ1) is 15.5. The molecule has 0 aromatic heterocycles. The Bertz CT molecular complexity index is 287. The molecule has 1 aliphatic carbocycles. The highest BCUT2D eigenvalue weighted by Crippen LogP contribution is 2.30. The average molecular weight is 252 g/mol. The highest BCUT2D eigenvalue weighted by Gasteiger charge is 2.29. The molecule has 1 rings (SSSR count). The molecule has 0 saturated heterocycles. The van der Waals surface area contributed by atoms with E-state index in [1.807, 2.05) is 6.92 Å². The van der Waals surface area contributed by atoms with Gasteiger partial charge >= 0.3 is 0 Å². The molecule has 0 aromatic carbocycles. The van der Waals surface area contributed by atoms with E-state index in [1.165, 1.54) is 6.42 Å². The Morgan fingerprint density at radius 3 is 2.28 bits per heavy atom. The van der Waals surface area contributed by atoms with E-state index in [0.29, 0.717) is 18.8 Å². The fraction of sp³-hybridized carbons (Fsp3) is 0.933. The van der Waals surface area contributed by atoms with Crippen molar-refractivity contribution in [1.29, 1.82) is 5.26 Å². The van der Waals surface area contributed by atoms with Crippen LogP contribution in [0.5, 0.6) is 0 Å². The van der Waals surface area contributed by atoms with Crippen LogP contribution in [0.3, 0.4) is 0 Å². The molecule has 3 heteroatoms. The van der Waals surface area contributed by atoms with E-state index in [9.17, 15) is 5.26 Å². The van der Waals surface area contributed by atoms with Gasteiger partial charge in [-0.15, -0.1) is 0 Å². The molecule has 0 bridgehead atoms. The molecule has 18 heavy (non-hydrogen) atoms. The molecule has 3 nitrogen and oxygen atoms in total. The van der Waals surface area contributed by atoms with E-state index in [4.69, 9.17) is 4.74 Å². The highest BCUT2D eigenvalue weighted by molar-refractivity contribution is 5.04. The maximum Gasteiger partial charge on any atom is 0.127 e. The van der Waals surface area contributed by atoms with Crippen molar-refractivity contribution in [3.05, 3.63) is 0 Å². The summed E-state index contributed by atoms with van der Waals surface area (Å²) in [5, 5.41) is 12.6. The Kier molecular flexibility index (Phi) is 5.62. The van der Waals surface area contributed by atoms with Crippen molar-refractivity contribution in [2.75, 3.05) is 6.61 Å². The van der Waals surface area contributed by atoms with Crippen molar-refractivity contribution in [2.24, 2.45) is 11.8 Å². The lowest BCUT2D eigenvalue weighted by Crippen LogP contribution is -2.49. The zero-order valence-corrected chi connectivity index (χ0v) is 12.5. The van der Waals surface area contributed by atoms with Crippen LogP contribution in [-0.2, 0) is 4.74 Å². The molecule has 1 saturated carbocycles. The first-order valence-corrected chi connectivity index (χ1v) is 7.15. The molecule has 0 aliphatic heterocycles. The van der Waals surface area contributed by atoms with Crippen LogP contribution in [0.2, 0.25) is 0 Å². The van der Waals surface area contributed by atoms with Crippen molar-refractivity contribution >= 4 is 0 Å². The number of nitrogens with zero attached hydrogens (tertiary/aromatic N) is 1. The van der Waals surface area contributed by atoms with E-state index in [1.54, 1.807) is 0 Å². The normalized spacial score (nSPS) is 31.9. The molecule has 0 amide bonds. The summed E-state index contributed by atoms with van der Waals surface area (Å²) in [6, 6.07) is 2.63. The van der Waals surface area contributed by atoms with Gasteiger partial charge in [-0.1, -0.05) is 13.8 Å². The molecule has 1 fully saturated rings. The maximum absolute atomic E-state index is 9.28. The van der Waals surface area contributed by atoms with Crippen LogP contribution < -0.4 is 5.32 Å². The second kappa shape index (κ2) is 6.54. The second-order valence-electron chi connectivity index (χ2n) is 6.59. The number of nitrogens with one attached hydrogen (secondary N) is 1. The number of ether oxygens (including phenoxy) is 1. The fourth-order valence-corrected chi connectivity index (χ4v) is 3.04. The SMILES string of the molecule is CC1CC(C)CC(OCC(C)(C#N)NC(C)C)C1. The lowest BCUT2D eigenvalue weighted by molar-refractivity contribution is -0.0177. The van der Waals surface area contributed by atoms with Crippen molar-refractivity contribution in [1.82, 2.24) is 5.32 Å². The van der Waals surface area contributed by atoms with Crippen LogP contribution in [0.4, 0.5) is 0 Å². The molecule has 0 heterocycles. The molecule has 1 N–H and O–H groups in total. The van der Waals surface area contributed by atoms with Gasteiger partial charge in [0.05, 0.1) is 18.8 Å². The van der Waals surface area contributed by atoms with Crippen LogP contribution in [0.15, 0.2) is 0 Å². The number of hydrogen-bond donors (Lipinski definition) is 1. The largest absolute Gasteiger partial charge is 0.375 e. The van der Waals surface area contributed by atoms with E-state index in [0.717, 1.165) is 24.7 Å². The molecule has 1 aliphatic rings. The molecule has 0 spiro atoms. The lowest BCUT2D eigenvalue weighted by Gasteiger charge is -2.34. The topological polar surface area (TPSA) is 45.0 Å². The summed E-state index contributed by atoms with van der Waals surface area (Å²) in [7, 11) is 0. The minimum absolute atomic E-state index is 0.294. The van der Waals surface area contributed by atoms with Crippen molar-refractivity contribution in [3.8, 4) is 6.07 Å². The molecule has 0 radical (unpaired) electrons. The van der Waals surface area contributed by atoms with Gasteiger partial charge in [-0.25, -0.2) is 0 Å². The van der Waals surface area contributed by atoms with Crippen LogP contribution in [0.25, 0.3) is 0 Å². The van der Waals surface area contributed by atoms with Gasteiger partial charge in [0.1, 0.15) is 5.54 Å². The molecular formula is C15H28N2O. The van der Waals surface area contributed by atoms with Crippen molar-refractivity contribution in [2.45, 2.75) is 71.6 Å². The smallest absolute Gasteiger partial charge is 0.127 e. The lowest BCUT2D eigenvalue weighted by atomic mass is 9.82. The Balaban J connectivity index is 2.45. The Hall–Kier alpha value is -0.590. The first-order valence-electron chi connectivity index (χ1n) is 7.15. The fourth-order valence-electron chi connectivity index (χ4n) is 3.04. The zero-order valence-electron chi connectivity index (χ0n) is 12.5. The number of rotatable bonds is 5. The van der Waals surface area contributed by atoms with Crippen LogP contribution in [-0.4, -0.2) is 24.3 Å². The van der Waals surface area contributed by atoms with Gasteiger partial charge in [0.25, 0.3) is 0 Å². The summed E-state index contributed by atoms with van der Waals surface area (Å²) in [5.74, 6) is 1.48. The number of hydrogen-bond acceptors (Lipinski definition) is 3. The van der Waals surface area contributed by atoms with Gasteiger partial charge in [-0.3, -0.25) is 5.32 Å². The van der Waals surface area contributed by atoms with Crippen molar-refractivity contribution < 1.29 is 4.74 Å². The van der Waals surface area contributed by atoms with E-state index in [-0.39, 0.29) is 0 Å². The van der Waals surface area contributed by atoms with E-state index in [2.05, 4.69) is 39.1 Å². The van der Waals surface area contributed by atoms with Crippen LogP contribution in [0, 0.1) is 23.2 Å². The maximum atomic E-state index is 9.28. The van der Waals surface area contributed by atoms with Crippen molar-refractivity contribution in [3.63, 3.8) is 0 Å². The second-order valence-corrected chi connectivity index (χ2v) is 6.59. The standard InChI is InChI=1S/C15H28N2O/c1-11(2)17-15(5,9-16)10-18-14-7-12(3)6-13(4)8-14/h11-14,17H,6-8,10H2,1-5H3. The van der Waals surface area contributed by atoms with Gasteiger partial charge in [0.15, 0.2) is 0 Å². The van der Waals surface area contributed by atoms with E-state index < -0.39 is 5.54 Å². The molecule has 0 aromatic rings.